The van der Waals surface area contributed by atoms with Crippen molar-refractivity contribution >= 4 is 17.9 Å². The Bertz CT molecular complexity index is 315. The third-order valence-corrected chi connectivity index (χ3v) is 2.25. The van der Waals surface area contributed by atoms with Crippen molar-refractivity contribution < 1.29 is 24.2 Å². The molecule has 7 nitrogen and oxygen atoms in total. The summed E-state index contributed by atoms with van der Waals surface area (Å²) in [5.74, 6) is -1.70. The summed E-state index contributed by atoms with van der Waals surface area (Å²) in [6.07, 6.45) is 0.382. The number of amides is 3. The maximum absolute atomic E-state index is 11.4. The number of hydrogen-bond donors (Lipinski definition) is 3. The maximum Gasteiger partial charge on any atom is 0.321 e. The molecule has 7 heteroatoms. The third-order valence-electron chi connectivity index (χ3n) is 2.25. The summed E-state index contributed by atoms with van der Waals surface area (Å²) in [7, 11) is 1.55. The first-order valence-corrected chi connectivity index (χ1v) is 5.59. The zero-order valence-electron chi connectivity index (χ0n) is 10.9. The highest BCUT2D eigenvalue weighted by Crippen LogP contribution is 2.19. The van der Waals surface area contributed by atoms with Gasteiger partial charge >= 0.3 is 12.0 Å². The molecule has 0 aliphatic rings. The Labute approximate surface area is 106 Å². The molecule has 0 aromatic carbocycles. The molecule has 0 aliphatic heterocycles. The highest BCUT2D eigenvalue weighted by molar-refractivity contribution is 5.96. The van der Waals surface area contributed by atoms with Gasteiger partial charge < -0.3 is 15.2 Å². The van der Waals surface area contributed by atoms with Gasteiger partial charge in [-0.3, -0.25) is 14.9 Å². The van der Waals surface area contributed by atoms with Crippen molar-refractivity contribution in [2.24, 2.45) is 5.41 Å². The third kappa shape index (κ3) is 6.85. The van der Waals surface area contributed by atoms with Crippen LogP contribution in [0.25, 0.3) is 0 Å². The Morgan fingerprint density at radius 1 is 1.28 bits per heavy atom. The van der Waals surface area contributed by atoms with E-state index in [1.807, 2.05) is 0 Å². The molecule has 0 aromatic rings. The van der Waals surface area contributed by atoms with E-state index in [0.717, 1.165) is 0 Å². The number of carboxylic acid groups (broad SMARTS) is 1. The second-order valence-electron chi connectivity index (χ2n) is 4.52. The molecule has 0 fully saturated rings. The number of nitrogens with one attached hydrogen (secondary N) is 2. The van der Waals surface area contributed by atoms with Crippen LogP contribution in [0.15, 0.2) is 0 Å². The molecular weight excluding hydrogens is 240 g/mol. The number of urea groups is 1. The highest BCUT2D eigenvalue weighted by atomic mass is 16.5. The molecule has 0 saturated heterocycles. The van der Waals surface area contributed by atoms with Gasteiger partial charge in [-0.15, -0.1) is 0 Å². The molecular formula is C11H20N2O5. The number of methoxy groups -OCH3 is 1. The van der Waals surface area contributed by atoms with E-state index in [2.05, 4.69) is 10.6 Å². The first-order chi connectivity index (χ1) is 8.29. The Kier molecular flexibility index (Phi) is 6.96. The molecule has 3 amide bonds. The monoisotopic (exact) mass is 260 g/mol. The molecule has 0 radical (unpaired) electrons. The van der Waals surface area contributed by atoms with Gasteiger partial charge in [-0.25, -0.2) is 4.79 Å². The zero-order valence-corrected chi connectivity index (χ0v) is 10.9. The predicted octanol–water partition coefficient (Wildman–Crippen LogP) is 0.350. The van der Waals surface area contributed by atoms with Crippen LogP contribution >= 0.6 is 0 Å². The van der Waals surface area contributed by atoms with Crippen LogP contribution in [0.3, 0.4) is 0 Å². The van der Waals surface area contributed by atoms with Crippen molar-refractivity contribution in [2.75, 3.05) is 20.3 Å². The summed E-state index contributed by atoms with van der Waals surface area (Å²) in [6.45, 7) is 3.74. The molecule has 0 bridgehead atoms. The van der Waals surface area contributed by atoms with Crippen molar-refractivity contribution in [3.05, 3.63) is 0 Å². The van der Waals surface area contributed by atoms with Gasteiger partial charge in [0.2, 0.25) is 5.91 Å². The molecule has 104 valence electrons. The quantitative estimate of drug-likeness (QED) is 0.573. The minimum absolute atomic E-state index is 0.256. The average molecular weight is 260 g/mol. The van der Waals surface area contributed by atoms with Gasteiger partial charge in [0, 0.05) is 26.7 Å². The summed E-state index contributed by atoms with van der Waals surface area (Å²) in [4.78, 5) is 33.4. The van der Waals surface area contributed by atoms with Crippen LogP contribution in [0.5, 0.6) is 0 Å². The molecule has 0 atom stereocenters. The molecule has 0 aromatic heterocycles. The average Bonchev–Trinajstić information content (AvgIpc) is 2.23. The molecule has 0 rings (SSSR count). The van der Waals surface area contributed by atoms with Crippen LogP contribution in [0.2, 0.25) is 0 Å². The lowest BCUT2D eigenvalue weighted by molar-refractivity contribution is -0.149. The topological polar surface area (TPSA) is 105 Å². The Morgan fingerprint density at radius 3 is 2.39 bits per heavy atom. The van der Waals surface area contributed by atoms with Crippen LogP contribution in [0, 0.1) is 5.41 Å². The molecule has 0 aliphatic carbocycles. The fraction of sp³-hybridized carbons (Fsp3) is 0.727. The van der Waals surface area contributed by atoms with E-state index in [-0.39, 0.29) is 6.42 Å². The number of carbonyl (C=O) groups is 3. The lowest BCUT2D eigenvalue weighted by atomic mass is 9.89. The number of hydrogen-bond acceptors (Lipinski definition) is 4. The minimum Gasteiger partial charge on any atom is -0.481 e. The second-order valence-corrected chi connectivity index (χ2v) is 4.52. The standard InChI is InChI=1S/C11H20N2O5/c1-11(2,9(15)16)7-8(14)13-10(17)12-5-4-6-18-3/h4-7H2,1-3H3,(H,15,16)(H2,12,13,14,17). The van der Waals surface area contributed by atoms with E-state index >= 15 is 0 Å². The molecule has 3 N–H and O–H groups in total. The Balaban J connectivity index is 3.94. The van der Waals surface area contributed by atoms with E-state index in [1.165, 1.54) is 13.8 Å². The van der Waals surface area contributed by atoms with E-state index in [1.54, 1.807) is 7.11 Å². The van der Waals surface area contributed by atoms with Crippen molar-refractivity contribution in [1.82, 2.24) is 10.6 Å². The number of carbonyl (C=O) groups excluding carboxylic acids is 2. The van der Waals surface area contributed by atoms with Crippen LogP contribution in [0.1, 0.15) is 26.7 Å². The predicted molar refractivity (Wildman–Crippen MR) is 64.1 cm³/mol. The first-order valence-electron chi connectivity index (χ1n) is 5.59. The van der Waals surface area contributed by atoms with Crippen LogP contribution < -0.4 is 10.6 Å². The smallest absolute Gasteiger partial charge is 0.321 e. The van der Waals surface area contributed by atoms with E-state index in [0.29, 0.717) is 19.6 Å². The number of rotatable bonds is 7. The SMILES string of the molecule is COCCCNC(=O)NC(=O)CC(C)(C)C(=O)O. The number of carboxylic acids is 1. The molecule has 0 spiro atoms. The van der Waals surface area contributed by atoms with Gasteiger partial charge in [0.05, 0.1) is 5.41 Å². The van der Waals surface area contributed by atoms with E-state index < -0.39 is 23.3 Å². The van der Waals surface area contributed by atoms with Gasteiger partial charge in [0.1, 0.15) is 0 Å². The van der Waals surface area contributed by atoms with Crippen molar-refractivity contribution in [1.29, 1.82) is 0 Å². The number of aliphatic carboxylic acids is 1. The molecule has 18 heavy (non-hydrogen) atoms. The van der Waals surface area contributed by atoms with Gasteiger partial charge in [0.15, 0.2) is 0 Å². The molecule has 0 heterocycles. The minimum atomic E-state index is -1.19. The van der Waals surface area contributed by atoms with E-state index in [4.69, 9.17) is 9.84 Å². The fourth-order valence-corrected chi connectivity index (χ4v) is 1.11. The molecule has 0 saturated carbocycles. The summed E-state index contributed by atoms with van der Waals surface area (Å²) >= 11 is 0. The summed E-state index contributed by atoms with van der Waals surface area (Å²) < 4.78 is 4.79. The summed E-state index contributed by atoms with van der Waals surface area (Å²) in [6, 6.07) is -0.628. The van der Waals surface area contributed by atoms with Gasteiger partial charge in [-0.2, -0.15) is 0 Å². The Morgan fingerprint density at radius 2 is 1.89 bits per heavy atom. The van der Waals surface area contributed by atoms with Crippen LogP contribution in [0.4, 0.5) is 4.79 Å². The first kappa shape index (κ1) is 16.4. The van der Waals surface area contributed by atoms with Crippen molar-refractivity contribution in [3.8, 4) is 0 Å². The summed E-state index contributed by atoms with van der Waals surface area (Å²) in [5.41, 5.74) is -1.19. The maximum atomic E-state index is 11.4. The molecule has 0 unspecified atom stereocenters. The van der Waals surface area contributed by atoms with Crippen molar-refractivity contribution in [3.63, 3.8) is 0 Å². The largest absolute Gasteiger partial charge is 0.481 e. The van der Waals surface area contributed by atoms with E-state index in [9.17, 15) is 14.4 Å². The lowest BCUT2D eigenvalue weighted by Crippen LogP contribution is -2.42. The number of imide groups is 1. The zero-order chi connectivity index (χ0) is 14.2. The fourth-order valence-electron chi connectivity index (χ4n) is 1.11. The van der Waals surface area contributed by atoms with Crippen LogP contribution in [-0.4, -0.2) is 43.3 Å². The lowest BCUT2D eigenvalue weighted by Gasteiger charge is -2.17. The normalized spacial score (nSPS) is 10.8. The van der Waals surface area contributed by atoms with Gasteiger partial charge in [-0.05, 0) is 20.3 Å². The highest BCUT2D eigenvalue weighted by Gasteiger charge is 2.30. The van der Waals surface area contributed by atoms with Gasteiger partial charge in [0.25, 0.3) is 0 Å². The summed E-state index contributed by atoms with van der Waals surface area (Å²) in [5, 5.41) is 13.4. The van der Waals surface area contributed by atoms with Crippen molar-refractivity contribution in [2.45, 2.75) is 26.7 Å². The van der Waals surface area contributed by atoms with Gasteiger partial charge in [-0.1, -0.05) is 0 Å². The second kappa shape index (κ2) is 7.65. The number of ether oxygens (including phenoxy) is 1. The van der Waals surface area contributed by atoms with Crippen LogP contribution in [-0.2, 0) is 14.3 Å². The Hall–Kier alpha value is -1.63.